The first-order valence-corrected chi connectivity index (χ1v) is 4.98. The molecule has 0 radical (unpaired) electrons. The van der Waals surface area contributed by atoms with Gasteiger partial charge in [-0.15, -0.1) is 0 Å². The summed E-state index contributed by atoms with van der Waals surface area (Å²) in [6.07, 6.45) is -0.531. The lowest BCUT2D eigenvalue weighted by Crippen LogP contribution is -2.15. The quantitative estimate of drug-likeness (QED) is 0.559. The maximum atomic E-state index is 9.29. The van der Waals surface area contributed by atoms with Gasteiger partial charge >= 0.3 is 0 Å². The fourth-order valence-corrected chi connectivity index (χ4v) is 0.713. The smallest absolute Gasteiger partial charge is 0.223 e. The molecule has 15 heavy (non-hydrogen) atoms. The van der Waals surface area contributed by atoms with E-state index in [0.29, 0.717) is 13.2 Å². The summed E-state index contributed by atoms with van der Waals surface area (Å²) in [5, 5.41) is 9.29. The van der Waals surface area contributed by atoms with E-state index in [1.165, 1.54) is 0 Å². The van der Waals surface area contributed by atoms with Crippen LogP contribution in [0, 0.1) is 23.7 Å². The van der Waals surface area contributed by atoms with Crippen LogP contribution >= 0.6 is 0 Å². The van der Waals surface area contributed by atoms with Crippen LogP contribution in [0.15, 0.2) is 0 Å². The van der Waals surface area contributed by atoms with Crippen molar-refractivity contribution in [1.29, 1.82) is 0 Å². The zero-order chi connectivity index (χ0) is 11.7. The Morgan fingerprint density at radius 3 is 2.07 bits per heavy atom. The van der Waals surface area contributed by atoms with E-state index in [9.17, 15) is 5.11 Å². The molecule has 0 aliphatic carbocycles. The molecular formula is C12H18O3. The van der Waals surface area contributed by atoms with Gasteiger partial charge in [-0.1, -0.05) is 5.92 Å². The van der Waals surface area contributed by atoms with Gasteiger partial charge in [0.25, 0.3) is 0 Å². The monoisotopic (exact) mass is 210 g/mol. The summed E-state index contributed by atoms with van der Waals surface area (Å²) < 4.78 is 10.4. The Morgan fingerprint density at radius 1 is 1.13 bits per heavy atom. The third-order valence-corrected chi connectivity index (χ3v) is 1.26. The van der Waals surface area contributed by atoms with Crippen LogP contribution in [0.5, 0.6) is 0 Å². The van der Waals surface area contributed by atoms with E-state index in [2.05, 4.69) is 23.7 Å². The lowest BCUT2D eigenvalue weighted by Gasteiger charge is -2.09. The average Bonchev–Trinajstić information content (AvgIpc) is 2.11. The summed E-state index contributed by atoms with van der Waals surface area (Å²) >= 11 is 0. The summed E-state index contributed by atoms with van der Waals surface area (Å²) in [6.45, 7) is 8.03. The molecule has 84 valence electrons. The minimum Gasteiger partial charge on any atom is -0.378 e. The molecule has 0 saturated heterocycles. The molecule has 0 aromatic rings. The van der Waals surface area contributed by atoms with Gasteiger partial charge in [0.15, 0.2) is 0 Å². The van der Waals surface area contributed by atoms with Crippen LogP contribution in [0.3, 0.4) is 0 Å². The molecule has 0 saturated carbocycles. The Kier molecular flexibility index (Phi) is 6.83. The van der Waals surface area contributed by atoms with Crippen molar-refractivity contribution < 1.29 is 14.6 Å². The molecule has 0 aliphatic heterocycles. The van der Waals surface area contributed by atoms with Crippen molar-refractivity contribution in [1.82, 2.24) is 0 Å². The summed E-state index contributed by atoms with van der Waals surface area (Å²) in [4.78, 5) is 0. The maximum absolute atomic E-state index is 9.29. The van der Waals surface area contributed by atoms with Crippen molar-refractivity contribution in [2.24, 2.45) is 0 Å². The lowest BCUT2D eigenvalue weighted by molar-refractivity contribution is -0.0969. The lowest BCUT2D eigenvalue weighted by atomic mass is 10.1. The van der Waals surface area contributed by atoms with Crippen molar-refractivity contribution >= 4 is 0 Å². The highest BCUT2D eigenvalue weighted by Crippen LogP contribution is 1.96. The molecule has 1 N–H and O–H groups in total. The first-order valence-electron chi connectivity index (χ1n) is 4.98. The normalized spacial score (nSPS) is 10.3. The van der Waals surface area contributed by atoms with Crippen molar-refractivity contribution in [3.05, 3.63) is 0 Å². The van der Waals surface area contributed by atoms with Crippen LogP contribution in [0.1, 0.15) is 27.7 Å². The average molecular weight is 210 g/mol. The maximum Gasteiger partial charge on any atom is 0.223 e. The summed E-state index contributed by atoms with van der Waals surface area (Å²) in [6, 6.07) is 0. The predicted octanol–water partition coefficient (Wildman–Crippen LogP) is 1.16. The second kappa shape index (κ2) is 7.31. The van der Waals surface area contributed by atoms with E-state index in [4.69, 9.17) is 9.47 Å². The highest BCUT2D eigenvalue weighted by atomic mass is 16.7. The number of ether oxygens (including phenoxy) is 2. The largest absolute Gasteiger partial charge is 0.378 e. The van der Waals surface area contributed by atoms with E-state index in [1.54, 1.807) is 13.8 Å². The van der Waals surface area contributed by atoms with Crippen LogP contribution in [0.4, 0.5) is 0 Å². The minimum absolute atomic E-state index is 0.531. The van der Waals surface area contributed by atoms with Gasteiger partial charge in [-0.3, -0.25) is 0 Å². The summed E-state index contributed by atoms with van der Waals surface area (Å²) in [5.41, 5.74) is -1.01. The molecule has 0 heterocycles. The molecule has 0 bridgehead atoms. The third kappa shape index (κ3) is 9.31. The summed E-state index contributed by atoms with van der Waals surface area (Å²) in [5.74, 6) is 10.4. The van der Waals surface area contributed by atoms with Crippen molar-refractivity contribution in [2.45, 2.75) is 39.6 Å². The second-order valence-electron chi connectivity index (χ2n) is 3.32. The van der Waals surface area contributed by atoms with Gasteiger partial charge < -0.3 is 14.6 Å². The van der Waals surface area contributed by atoms with Crippen LogP contribution in [-0.2, 0) is 9.47 Å². The zero-order valence-electron chi connectivity index (χ0n) is 9.76. The van der Waals surface area contributed by atoms with E-state index in [1.807, 2.05) is 13.8 Å². The number of rotatable bonds is 4. The third-order valence-electron chi connectivity index (χ3n) is 1.26. The molecule has 0 aromatic heterocycles. The van der Waals surface area contributed by atoms with Crippen LogP contribution < -0.4 is 0 Å². The number of hydrogen-bond acceptors (Lipinski definition) is 3. The van der Waals surface area contributed by atoms with Gasteiger partial charge in [0.2, 0.25) is 6.29 Å². The van der Waals surface area contributed by atoms with E-state index >= 15 is 0 Å². The molecule has 0 atom stereocenters. The van der Waals surface area contributed by atoms with Crippen molar-refractivity contribution in [3.63, 3.8) is 0 Å². The van der Waals surface area contributed by atoms with Crippen LogP contribution in [0.2, 0.25) is 0 Å². The second-order valence-corrected chi connectivity index (χ2v) is 3.32. The molecule has 0 unspecified atom stereocenters. The molecule has 0 aliphatic rings. The molecule has 0 amide bonds. The van der Waals surface area contributed by atoms with Gasteiger partial charge in [-0.2, -0.15) is 0 Å². The Balaban J connectivity index is 4.25. The standard InChI is InChI=1S/C12H18O3/c1-5-14-11(15-6-2)9-7-8-10-12(3,4)13/h11,13H,5-6H2,1-4H3. The first kappa shape index (κ1) is 14.0. The fraction of sp³-hybridized carbons (Fsp3) is 0.667. The molecule has 3 nitrogen and oxygen atoms in total. The Hall–Kier alpha value is -1.00. The predicted molar refractivity (Wildman–Crippen MR) is 58.9 cm³/mol. The van der Waals surface area contributed by atoms with Crippen molar-refractivity contribution in [3.8, 4) is 23.7 Å². The summed E-state index contributed by atoms with van der Waals surface area (Å²) in [7, 11) is 0. The Morgan fingerprint density at radius 2 is 1.67 bits per heavy atom. The van der Waals surface area contributed by atoms with E-state index in [-0.39, 0.29) is 0 Å². The van der Waals surface area contributed by atoms with Gasteiger partial charge in [-0.25, -0.2) is 0 Å². The zero-order valence-corrected chi connectivity index (χ0v) is 9.76. The van der Waals surface area contributed by atoms with Crippen molar-refractivity contribution in [2.75, 3.05) is 13.2 Å². The highest BCUT2D eigenvalue weighted by molar-refractivity contribution is 5.29. The van der Waals surface area contributed by atoms with Gasteiger partial charge in [0.1, 0.15) is 5.60 Å². The van der Waals surface area contributed by atoms with E-state index < -0.39 is 11.9 Å². The molecule has 0 rings (SSSR count). The van der Waals surface area contributed by atoms with Crippen LogP contribution in [-0.4, -0.2) is 30.2 Å². The van der Waals surface area contributed by atoms with Gasteiger partial charge in [0.05, 0.1) is 0 Å². The Bertz CT molecular complexity index is 274. The van der Waals surface area contributed by atoms with E-state index in [0.717, 1.165) is 0 Å². The van der Waals surface area contributed by atoms with Gasteiger partial charge in [0, 0.05) is 13.2 Å². The molecular weight excluding hydrogens is 192 g/mol. The molecule has 0 spiro atoms. The fourth-order valence-electron chi connectivity index (χ4n) is 0.713. The number of aliphatic hydroxyl groups is 1. The molecule has 0 aromatic carbocycles. The minimum atomic E-state index is -1.01. The number of hydrogen-bond donors (Lipinski definition) is 1. The Labute approximate surface area is 91.8 Å². The topological polar surface area (TPSA) is 38.7 Å². The molecule has 0 fully saturated rings. The molecule has 3 heteroatoms. The first-order chi connectivity index (χ1) is 6.99. The van der Waals surface area contributed by atoms with Gasteiger partial charge in [-0.05, 0) is 45.5 Å². The SMILES string of the molecule is CCOC(C#CC#CC(C)(C)O)OCC. The van der Waals surface area contributed by atoms with Crippen LogP contribution in [0.25, 0.3) is 0 Å². The highest BCUT2D eigenvalue weighted by Gasteiger charge is 2.05.